The third-order valence-electron chi connectivity index (χ3n) is 6.61. The summed E-state index contributed by atoms with van der Waals surface area (Å²) in [7, 11) is -1.54. The zero-order valence-electron chi connectivity index (χ0n) is 20.0. The summed E-state index contributed by atoms with van der Waals surface area (Å²) in [6.45, 7) is 0.950. The first-order valence-electron chi connectivity index (χ1n) is 12.0. The van der Waals surface area contributed by atoms with Gasteiger partial charge in [-0.2, -0.15) is 15.1 Å². The number of benzene rings is 1. The molecule has 6 rings (SSSR count). The summed E-state index contributed by atoms with van der Waals surface area (Å²) in [5.41, 5.74) is 1.83. The SMILES string of the molecule is Cn1cc(Nc2nc(N3CC[C@H](NS(=O)(=O)C4CC4)C3)c3c(C(=O)c4ccc(F)cc4)c[nH]c3n2)cn1. The van der Waals surface area contributed by atoms with Crippen molar-refractivity contribution in [2.75, 3.05) is 23.3 Å². The van der Waals surface area contributed by atoms with Crippen LogP contribution in [0.15, 0.2) is 42.9 Å². The lowest BCUT2D eigenvalue weighted by molar-refractivity contribution is 0.104. The van der Waals surface area contributed by atoms with E-state index in [1.807, 2.05) is 4.90 Å². The van der Waals surface area contributed by atoms with E-state index in [1.165, 1.54) is 24.3 Å². The van der Waals surface area contributed by atoms with Gasteiger partial charge in [-0.05, 0) is 43.5 Å². The van der Waals surface area contributed by atoms with Gasteiger partial charge in [-0.25, -0.2) is 17.5 Å². The van der Waals surface area contributed by atoms with Crippen molar-refractivity contribution in [2.24, 2.45) is 7.05 Å². The Labute approximate surface area is 212 Å². The van der Waals surface area contributed by atoms with E-state index < -0.39 is 15.8 Å². The number of H-pyrrole nitrogens is 1. The summed E-state index contributed by atoms with van der Waals surface area (Å²) in [6, 6.07) is 5.10. The number of fused-ring (bicyclic) bond motifs is 1. The van der Waals surface area contributed by atoms with Crippen LogP contribution >= 0.6 is 0 Å². The van der Waals surface area contributed by atoms with Crippen molar-refractivity contribution in [3.8, 4) is 0 Å². The van der Waals surface area contributed by atoms with E-state index >= 15 is 0 Å². The van der Waals surface area contributed by atoms with Crippen molar-refractivity contribution in [1.29, 1.82) is 0 Å². The van der Waals surface area contributed by atoms with Gasteiger partial charge in [-0.3, -0.25) is 9.48 Å². The molecule has 0 radical (unpaired) electrons. The topological polar surface area (TPSA) is 138 Å². The maximum atomic E-state index is 13.4. The predicted molar refractivity (Wildman–Crippen MR) is 136 cm³/mol. The zero-order valence-corrected chi connectivity index (χ0v) is 20.8. The molecular formula is C24H25FN8O3S. The molecule has 2 aliphatic rings. The van der Waals surface area contributed by atoms with Crippen LogP contribution in [0.5, 0.6) is 0 Å². The Bertz CT molecular complexity index is 1590. The Kier molecular flexibility index (Phi) is 5.68. The third-order valence-corrected chi connectivity index (χ3v) is 8.62. The van der Waals surface area contributed by atoms with Crippen molar-refractivity contribution >= 4 is 44.3 Å². The molecule has 4 aromatic rings. The first-order valence-corrected chi connectivity index (χ1v) is 13.5. The number of ketones is 1. The van der Waals surface area contributed by atoms with Gasteiger partial charge in [0.1, 0.15) is 17.3 Å². The molecule has 1 atom stereocenters. The standard InChI is InChI=1S/C24H25FN8O3S/c1-32-12-17(10-27-32)28-24-29-22-20(19(11-26-22)21(34)14-2-4-15(25)5-3-14)23(30-24)33-9-8-16(13-33)31-37(35,36)18-6-7-18/h2-5,10-12,16,18,31H,6-9,13H2,1H3,(H2,26,28,29,30)/t16-/m0/s1. The molecule has 192 valence electrons. The van der Waals surface area contributed by atoms with Crippen LogP contribution < -0.4 is 14.9 Å². The molecule has 1 saturated heterocycles. The van der Waals surface area contributed by atoms with E-state index in [4.69, 9.17) is 4.98 Å². The number of aromatic nitrogens is 5. The summed E-state index contributed by atoms with van der Waals surface area (Å²) in [5.74, 6) is 0.0907. The van der Waals surface area contributed by atoms with Crippen LogP contribution in [-0.2, 0) is 17.1 Å². The lowest BCUT2D eigenvalue weighted by Gasteiger charge is -2.20. The Morgan fingerprint density at radius 1 is 1.16 bits per heavy atom. The maximum absolute atomic E-state index is 13.4. The number of aryl methyl sites for hydroxylation is 1. The Hall–Kier alpha value is -3.84. The van der Waals surface area contributed by atoms with Crippen LogP contribution in [0.3, 0.4) is 0 Å². The minimum absolute atomic E-state index is 0.263. The Morgan fingerprint density at radius 2 is 1.95 bits per heavy atom. The monoisotopic (exact) mass is 524 g/mol. The number of halogens is 1. The number of nitrogens with zero attached hydrogens (tertiary/aromatic N) is 5. The van der Waals surface area contributed by atoms with Gasteiger partial charge >= 0.3 is 0 Å². The van der Waals surface area contributed by atoms with E-state index in [9.17, 15) is 17.6 Å². The fraction of sp³-hybridized carbons (Fsp3) is 0.333. The van der Waals surface area contributed by atoms with Gasteiger partial charge in [0.15, 0.2) is 5.78 Å². The zero-order chi connectivity index (χ0) is 25.7. The van der Waals surface area contributed by atoms with Crippen LogP contribution in [0.4, 0.5) is 21.8 Å². The maximum Gasteiger partial charge on any atom is 0.231 e. The smallest absolute Gasteiger partial charge is 0.231 e. The van der Waals surface area contributed by atoms with Crippen molar-refractivity contribution in [3.63, 3.8) is 0 Å². The predicted octanol–water partition coefficient (Wildman–Crippen LogP) is 2.47. The van der Waals surface area contributed by atoms with Crippen LogP contribution in [0.1, 0.15) is 35.2 Å². The van der Waals surface area contributed by atoms with Crippen LogP contribution in [-0.4, -0.2) is 63.3 Å². The quantitative estimate of drug-likeness (QED) is 0.299. The summed E-state index contributed by atoms with van der Waals surface area (Å²) >= 11 is 0. The van der Waals surface area contributed by atoms with Crippen LogP contribution in [0, 0.1) is 5.82 Å². The average Bonchev–Trinajstić information content (AvgIpc) is 3.31. The van der Waals surface area contributed by atoms with Gasteiger partial charge in [0.2, 0.25) is 16.0 Å². The van der Waals surface area contributed by atoms with Gasteiger partial charge in [-0.15, -0.1) is 0 Å². The largest absolute Gasteiger partial charge is 0.354 e. The second kappa shape index (κ2) is 8.92. The minimum atomic E-state index is -3.34. The number of nitrogens with one attached hydrogen (secondary N) is 3. The molecule has 0 bridgehead atoms. The second-order valence-electron chi connectivity index (χ2n) is 9.45. The van der Waals surface area contributed by atoms with Gasteiger partial charge in [0.05, 0.1) is 28.1 Å². The molecule has 0 spiro atoms. The fourth-order valence-electron chi connectivity index (χ4n) is 4.61. The van der Waals surface area contributed by atoms with Crippen molar-refractivity contribution in [2.45, 2.75) is 30.6 Å². The number of carbonyl (C=O) groups excluding carboxylic acids is 1. The lowest BCUT2D eigenvalue weighted by Crippen LogP contribution is -2.39. The number of aromatic amines is 1. The van der Waals surface area contributed by atoms with E-state index in [0.29, 0.717) is 72.0 Å². The molecule has 11 nitrogen and oxygen atoms in total. The molecule has 1 aliphatic heterocycles. The second-order valence-corrected chi connectivity index (χ2v) is 11.4. The molecule has 4 heterocycles. The van der Waals surface area contributed by atoms with Gasteiger partial charge in [-0.1, -0.05) is 0 Å². The molecule has 13 heteroatoms. The highest BCUT2D eigenvalue weighted by atomic mass is 32.2. The van der Waals surface area contributed by atoms with Crippen molar-refractivity contribution in [3.05, 3.63) is 59.8 Å². The number of rotatable bonds is 8. The molecule has 1 aliphatic carbocycles. The first-order chi connectivity index (χ1) is 17.8. The molecule has 1 saturated carbocycles. The number of carbonyl (C=O) groups is 1. The normalized spacial score (nSPS) is 18.0. The summed E-state index contributed by atoms with van der Waals surface area (Å²) < 4.78 is 42.9. The molecule has 0 unspecified atom stereocenters. The highest BCUT2D eigenvalue weighted by Gasteiger charge is 2.38. The Balaban J connectivity index is 1.38. The Morgan fingerprint density at radius 3 is 2.65 bits per heavy atom. The van der Waals surface area contributed by atoms with E-state index in [0.717, 1.165) is 0 Å². The highest BCUT2D eigenvalue weighted by Crippen LogP contribution is 2.33. The van der Waals surface area contributed by atoms with E-state index in [-0.39, 0.29) is 17.1 Å². The first kappa shape index (κ1) is 23.6. The summed E-state index contributed by atoms with van der Waals surface area (Å²) in [6.07, 6.45) is 6.99. The van der Waals surface area contributed by atoms with Crippen LogP contribution in [0.2, 0.25) is 0 Å². The molecule has 37 heavy (non-hydrogen) atoms. The number of hydrogen-bond donors (Lipinski definition) is 3. The van der Waals surface area contributed by atoms with E-state index in [1.54, 1.807) is 30.3 Å². The van der Waals surface area contributed by atoms with Gasteiger partial charge < -0.3 is 15.2 Å². The summed E-state index contributed by atoms with van der Waals surface area (Å²) in [5, 5.41) is 7.51. The van der Waals surface area contributed by atoms with Gasteiger partial charge in [0, 0.05) is 44.1 Å². The molecule has 3 N–H and O–H groups in total. The van der Waals surface area contributed by atoms with Crippen LogP contribution in [0.25, 0.3) is 11.0 Å². The summed E-state index contributed by atoms with van der Waals surface area (Å²) in [4.78, 5) is 27.7. The molecule has 0 amide bonds. The van der Waals surface area contributed by atoms with E-state index in [2.05, 4.69) is 25.1 Å². The fourth-order valence-corrected chi connectivity index (χ4v) is 6.21. The molecule has 2 fully saturated rings. The molecule has 1 aromatic carbocycles. The average molecular weight is 525 g/mol. The number of sulfonamides is 1. The van der Waals surface area contributed by atoms with Gasteiger partial charge in [0.25, 0.3) is 0 Å². The highest BCUT2D eigenvalue weighted by molar-refractivity contribution is 7.90. The minimum Gasteiger partial charge on any atom is -0.354 e. The molecule has 3 aromatic heterocycles. The number of hydrogen-bond acceptors (Lipinski definition) is 8. The number of anilines is 3. The van der Waals surface area contributed by atoms with Crippen molar-refractivity contribution in [1.82, 2.24) is 29.5 Å². The van der Waals surface area contributed by atoms with Crippen molar-refractivity contribution < 1.29 is 17.6 Å². The molecular weight excluding hydrogens is 499 g/mol. The lowest BCUT2D eigenvalue weighted by atomic mass is 10.0. The third kappa shape index (κ3) is 4.67.